The van der Waals surface area contributed by atoms with Crippen molar-refractivity contribution in [3.05, 3.63) is 46.0 Å². The zero-order valence-electron chi connectivity index (χ0n) is 11.3. The molecular weight excluding hydrogens is 265 g/mol. The lowest BCUT2D eigenvalue weighted by atomic mass is 10.2. The van der Waals surface area contributed by atoms with Crippen LogP contribution in [0.2, 0.25) is 5.02 Å². The third-order valence-corrected chi connectivity index (χ3v) is 3.65. The fraction of sp³-hybridized carbons (Fsp3) is 0.357. The maximum absolute atomic E-state index is 13.4. The van der Waals surface area contributed by atoms with Crippen LogP contribution in [-0.4, -0.2) is 9.78 Å². The lowest BCUT2D eigenvalue weighted by Gasteiger charge is -2.10. The van der Waals surface area contributed by atoms with E-state index in [0.717, 1.165) is 23.5 Å². The Morgan fingerprint density at radius 1 is 1.42 bits per heavy atom. The van der Waals surface area contributed by atoms with Gasteiger partial charge in [-0.25, -0.2) is 4.39 Å². The predicted octanol–water partition coefficient (Wildman–Crippen LogP) is 3.70. The smallest absolute Gasteiger partial charge is 0.128 e. The van der Waals surface area contributed by atoms with Crippen LogP contribution >= 0.6 is 11.6 Å². The summed E-state index contributed by atoms with van der Waals surface area (Å²) in [6.07, 6.45) is 0.797. The van der Waals surface area contributed by atoms with E-state index in [1.165, 1.54) is 6.07 Å². The first-order valence-corrected chi connectivity index (χ1v) is 6.61. The molecule has 102 valence electrons. The summed E-state index contributed by atoms with van der Waals surface area (Å²) in [5.41, 5.74) is 3.17. The number of anilines is 1. The molecule has 0 fully saturated rings. The molecule has 2 aromatic rings. The number of nitrogens with one attached hydrogen (secondary N) is 1. The molecule has 5 heteroatoms. The number of halogens is 2. The summed E-state index contributed by atoms with van der Waals surface area (Å²) in [6, 6.07) is 4.99. The first-order valence-electron chi connectivity index (χ1n) is 6.23. The molecule has 3 nitrogen and oxygen atoms in total. The molecule has 19 heavy (non-hydrogen) atoms. The SMILES string of the molecule is CCc1nn(C)c(CNc2cccc(F)c2C)c1Cl. The molecule has 0 spiro atoms. The molecule has 0 atom stereocenters. The van der Waals surface area contributed by atoms with Crippen LogP contribution in [0.3, 0.4) is 0 Å². The molecule has 0 bridgehead atoms. The van der Waals surface area contributed by atoms with E-state index in [2.05, 4.69) is 10.4 Å². The van der Waals surface area contributed by atoms with Crippen molar-refractivity contribution in [2.75, 3.05) is 5.32 Å². The van der Waals surface area contributed by atoms with Gasteiger partial charge < -0.3 is 5.32 Å². The third kappa shape index (κ3) is 2.73. The molecule has 1 aromatic carbocycles. The molecule has 0 saturated heterocycles. The van der Waals surface area contributed by atoms with Crippen molar-refractivity contribution in [2.24, 2.45) is 7.05 Å². The monoisotopic (exact) mass is 281 g/mol. The molecule has 0 aliphatic heterocycles. The van der Waals surface area contributed by atoms with Crippen molar-refractivity contribution in [3.63, 3.8) is 0 Å². The summed E-state index contributed by atoms with van der Waals surface area (Å²) in [5.74, 6) is -0.213. The second-order valence-electron chi connectivity index (χ2n) is 4.45. The Kier molecular flexibility index (Phi) is 4.10. The largest absolute Gasteiger partial charge is 0.379 e. The first-order chi connectivity index (χ1) is 9.04. The average Bonchev–Trinajstić information content (AvgIpc) is 2.66. The van der Waals surface area contributed by atoms with Gasteiger partial charge in [0.2, 0.25) is 0 Å². The number of aryl methyl sites for hydroxylation is 2. The van der Waals surface area contributed by atoms with Crippen molar-refractivity contribution in [2.45, 2.75) is 26.8 Å². The fourth-order valence-corrected chi connectivity index (χ4v) is 2.35. The Labute approximate surface area is 117 Å². The Morgan fingerprint density at radius 2 is 2.16 bits per heavy atom. The minimum absolute atomic E-state index is 0.213. The van der Waals surface area contributed by atoms with E-state index in [9.17, 15) is 4.39 Å². The summed E-state index contributed by atoms with van der Waals surface area (Å²) >= 11 is 6.27. The van der Waals surface area contributed by atoms with E-state index in [0.29, 0.717) is 17.1 Å². The maximum Gasteiger partial charge on any atom is 0.128 e. The summed E-state index contributed by atoms with van der Waals surface area (Å²) in [6.45, 7) is 4.29. The Bertz CT molecular complexity index is 593. The highest BCUT2D eigenvalue weighted by molar-refractivity contribution is 6.31. The highest BCUT2D eigenvalue weighted by atomic mass is 35.5. The van der Waals surface area contributed by atoms with Gasteiger partial charge in [0.1, 0.15) is 5.82 Å². The van der Waals surface area contributed by atoms with E-state index in [-0.39, 0.29) is 5.82 Å². The fourth-order valence-electron chi connectivity index (χ4n) is 1.99. The van der Waals surface area contributed by atoms with Gasteiger partial charge in [-0.05, 0) is 25.5 Å². The number of nitrogens with zero attached hydrogens (tertiary/aromatic N) is 2. The second kappa shape index (κ2) is 5.61. The zero-order valence-corrected chi connectivity index (χ0v) is 12.1. The summed E-state index contributed by atoms with van der Waals surface area (Å²) in [5, 5.41) is 8.24. The van der Waals surface area contributed by atoms with Crippen LogP contribution in [0.4, 0.5) is 10.1 Å². The number of aromatic nitrogens is 2. The van der Waals surface area contributed by atoms with Gasteiger partial charge in [-0.15, -0.1) is 0 Å². The number of benzene rings is 1. The van der Waals surface area contributed by atoms with Crippen molar-refractivity contribution < 1.29 is 4.39 Å². The zero-order chi connectivity index (χ0) is 14.0. The van der Waals surface area contributed by atoms with Crippen LogP contribution < -0.4 is 5.32 Å². The van der Waals surface area contributed by atoms with Crippen LogP contribution in [0.15, 0.2) is 18.2 Å². The minimum Gasteiger partial charge on any atom is -0.379 e. The lowest BCUT2D eigenvalue weighted by molar-refractivity contribution is 0.619. The van der Waals surface area contributed by atoms with Crippen LogP contribution in [-0.2, 0) is 20.0 Å². The minimum atomic E-state index is -0.213. The molecule has 1 aromatic heterocycles. The van der Waals surface area contributed by atoms with Gasteiger partial charge in [-0.2, -0.15) is 5.10 Å². The molecule has 0 unspecified atom stereocenters. The van der Waals surface area contributed by atoms with E-state index in [4.69, 9.17) is 11.6 Å². The van der Waals surface area contributed by atoms with E-state index in [1.807, 2.05) is 20.0 Å². The highest BCUT2D eigenvalue weighted by Crippen LogP contribution is 2.23. The van der Waals surface area contributed by atoms with Crippen molar-refractivity contribution >= 4 is 17.3 Å². The highest BCUT2D eigenvalue weighted by Gasteiger charge is 2.13. The molecule has 0 amide bonds. The average molecular weight is 282 g/mol. The molecular formula is C14H17ClFN3. The van der Waals surface area contributed by atoms with Gasteiger partial charge in [0.25, 0.3) is 0 Å². The van der Waals surface area contributed by atoms with Gasteiger partial charge in [0, 0.05) is 18.3 Å². The summed E-state index contributed by atoms with van der Waals surface area (Å²) in [7, 11) is 1.86. The van der Waals surface area contributed by atoms with Crippen LogP contribution in [0.25, 0.3) is 0 Å². The Balaban J connectivity index is 2.19. The van der Waals surface area contributed by atoms with Crippen LogP contribution in [0, 0.1) is 12.7 Å². The van der Waals surface area contributed by atoms with Gasteiger partial charge >= 0.3 is 0 Å². The molecule has 0 aliphatic carbocycles. The maximum atomic E-state index is 13.4. The normalized spacial score (nSPS) is 10.8. The van der Waals surface area contributed by atoms with Crippen LogP contribution in [0.5, 0.6) is 0 Å². The van der Waals surface area contributed by atoms with E-state index >= 15 is 0 Å². The number of rotatable bonds is 4. The van der Waals surface area contributed by atoms with Crippen molar-refractivity contribution in [1.82, 2.24) is 9.78 Å². The first kappa shape index (κ1) is 13.9. The van der Waals surface area contributed by atoms with Crippen molar-refractivity contribution in [3.8, 4) is 0 Å². The predicted molar refractivity (Wildman–Crippen MR) is 76.1 cm³/mol. The number of hydrogen-bond acceptors (Lipinski definition) is 2. The molecule has 2 rings (SSSR count). The lowest BCUT2D eigenvalue weighted by Crippen LogP contribution is -2.07. The van der Waals surface area contributed by atoms with Crippen molar-refractivity contribution in [1.29, 1.82) is 0 Å². The number of hydrogen-bond donors (Lipinski definition) is 1. The van der Waals surface area contributed by atoms with Gasteiger partial charge in [0.05, 0.1) is 23.0 Å². The summed E-state index contributed by atoms with van der Waals surface area (Å²) in [4.78, 5) is 0. The van der Waals surface area contributed by atoms with E-state index < -0.39 is 0 Å². The standard InChI is InChI=1S/C14H17ClFN3/c1-4-11-14(15)13(19(3)18-11)8-17-12-7-5-6-10(16)9(12)2/h5-7,17H,4,8H2,1-3H3. The Hall–Kier alpha value is -1.55. The molecule has 0 radical (unpaired) electrons. The van der Waals surface area contributed by atoms with Crippen LogP contribution in [0.1, 0.15) is 23.9 Å². The second-order valence-corrected chi connectivity index (χ2v) is 4.83. The topological polar surface area (TPSA) is 29.9 Å². The Morgan fingerprint density at radius 3 is 2.79 bits per heavy atom. The molecule has 0 saturated carbocycles. The van der Waals surface area contributed by atoms with Gasteiger partial charge in [0.15, 0.2) is 0 Å². The third-order valence-electron chi connectivity index (χ3n) is 3.22. The van der Waals surface area contributed by atoms with Gasteiger partial charge in [-0.3, -0.25) is 4.68 Å². The molecule has 1 N–H and O–H groups in total. The molecule has 1 heterocycles. The summed E-state index contributed by atoms with van der Waals surface area (Å²) < 4.78 is 15.2. The molecule has 0 aliphatic rings. The quantitative estimate of drug-likeness (QED) is 0.926. The van der Waals surface area contributed by atoms with E-state index in [1.54, 1.807) is 17.7 Å². The van der Waals surface area contributed by atoms with Gasteiger partial charge in [-0.1, -0.05) is 24.6 Å².